The van der Waals surface area contributed by atoms with Crippen LogP contribution < -0.4 is 0 Å². The number of nitrogens with one attached hydrogen (secondary N) is 1. The third-order valence-corrected chi connectivity index (χ3v) is 2.62. The molecule has 3 N–H and O–H groups in total. The Hall–Kier alpha value is -2.15. The Bertz CT molecular complexity index is 645. The van der Waals surface area contributed by atoms with Gasteiger partial charge in [0.25, 0.3) is 0 Å². The molecule has 0 bridgehead atoms. The van der Waals surface area contributed by atoms with Crippen LogP contribution in [0.4, 0.5) is 0 Å². The Morgan fingerprint density at radius 3 is 2.89 bits per heavy atom. The van der Waals surface area contributed by atoms with Crippen LogP contribution in [-0.4, -0.2) is 31.3 Å². The second-order valence-corrected chi connectivity index (χ2v) is 3.99. The molecule has 0 saturated carbocycles. The van der Waals surface area contributed by atoms with Gasteiger partial charge >= 0.3 is 0 Å². The van der Waals surface area contributed by atoms with E-state index in [-0.39, 0.29) is 11.5 Å². The maximum absolute atomic E-state index is 9.36. The average Bonchev–Trinajstić information content (AvgIpc) is 2.71. The molecule has 0 aliphatic heterocycles. The first-order chi connectivity index (χ1) is 8.61. The van der Waals surface area contributed by atoms with E-state index in [4.69, 9.17) is 12.2 Å². The van der Waals surface area contributed by atoms with E-state index >= 15 is 0 Å². The van der Waals surface area contributed by atoms with E-state index in [0.717, 1.165) is 5.82 Å². The van der Waals surface area contributed by atoms with Crippen molar-refractivity contribution in [2.24, 2.45) is 5.10 Å². The predicted molar refractivity (Wildman–Crippen MR) is 69.6 cm³/mol. The van der Waals surface area contributed by atoms with Gasteiger partial charge in [0, 0.05) is 6.42 Å². The van der Waals surface area contributed by atoms with Gasteiger partial charge in [0.2, 0.25) is 4.77 Å². The minimum atomic E-state index is -0.189. The molecule has 1 aromatic carbocycles. The van der Waals surface area contributed by atoms with Crippen molar-refractivity contribution in [2.45, 2.75) is 13.3 Å². The van der Waals surface area contributed by atoms with Crippen LogP contribution in [-0.2, 0) is 6.42 Å². The number of aromatic amines is 1. The van der Waals surface area contributed by atoms with Crippen LogP contribution in [0.1, 0.15) is 18.3 Å². The number of aryl methyl sites for hydroxylation is 1. The van der Waals surface area contributed by atoms with Gasteiger partial charge in [0.1, 0.15) is 0 Å². The molecule has 0 spiro atoms. The molecule has 1 heterocycles. The molecule has 2 aromatic rings. The largest absolute Gasteiger partial charge is 0.504 e. The second-order valence-electron chi connectivity index (χ2n) is 3.60. The zero-order valence-corrected chi connectivity index (χ0v) is 10.5. The van der Waals surface area contributed by atoms with Crippen molar-refractivity contribution < 1.29 is 10.2 Å². The van der Waals surface area contributed by atoms with Crippen LogP contribution in [0.25, 0.3) is 0 Å². The second kappa shape index (κ2) is 5.01. The van der Waals surface area contributed by atoms with Gasteiger partial charge in [-0.1, -0.05) is 6.92 Å². The van der Waals surface area contributed by atoms with E-state index < -0.39 is 0 Å². The number of H-pyrrole nitrogens is 1. The van der Waals surface area contributed by atoms with E-state index in [9.17, 15) is 10.2 Å². The fraction of sp³-hybridized carbons (Fsp3) is 0.182. The summed E-state index contributed by atoms with van der Waals surface area (Å²) in [5, 5.41) is 29.4. The highest BCUT2D eigenvalue weighted by Crippen LogP contribution is 2.24. The summed E-state index contributed by atoms with van der Waals surface area (Å²) in [6.45, 7) is 1.95. The van der Waals surface area contributed by atoms with Gasteiger partial charge in [-0.2, -0.15) is 14.9 Å². The Kier molecular flexibility index (Phi) is 3.42. The lowest BCUT2D eigenvalue weighted by molar-refractivity contribution is 0.403. The summed E-state index contributed by atoms with van der Waals surface area (Å²) in [5.41, 5.74) is 0.649. The molecule has 2 rings (SSSR count). The lowest BCUT2D eigenvalue weighted by Crippen LogP contribution is -1.97. The Labute approximate surface area is 108 Å². The fourth-order valence-corrected chi connectivity index (χ4v) is 1.62. The molecule has 0 aliphatic carbocycles. The van der Waals surface area contributed by atoms with Gasteiger partial charge in [-0.05, 0) is 36.0 Å². The first-order valence-electron chi connectivity index (χ1n) is 5.34. The van der Waals surface area contributed by atoms with Crippen molar-refractivity contribution >= 4 is 18.4 Å². The summed E-state index contributed by atoms with van der Waals surface area (Å²) in [6, 6.07) is 4.44. The average molecular weight is 264 g/mol. The molecule has 0 fully saturated rings. The van der Waals surface area contributed by atoms with Crippen molar-refractivity contribution in [1.82, 2.24) is 14.9 Å². The first kappa shape index (κ1) is 12.3. The highest BCUT2D eigenvalue weighted by Gasteiger charge is 2.02. The van der Waals surface area contributed by atoms with Crippen molar-refractivity contribution in [3.05, 3.63) is 34.4 Å². The molecule has 0 saturated heterocycles. The SMILES string of the molecule is CCc1n[nH]c(=S)n1/N=C\c1ccc(O)c(O)c1. The van der Waals surface area contributed by atoms with Gasteiger partial charge in [-0.25, -0.2) is 0 Å². The number of aromatic hydroxyl groups is 2. The van der Waals surface area contributed by atoms with Crippen LogP contribution in [0.2, 0.25) is 0 Å². The number of rotatable bonds is 3. The summed E-state index contributed by atoms with van der Waals surface area (Å²) in [7, 11) is 0. The number of benzene rings is 1. The molecule has 1 aromatic heterocycles. The number of aromatic nitrogens is 3. The Balaban J connectivity index is 2.32. The van der Waals surface area contributed by atoms with Gasteiger partial charge in [-0.3, -0.25) is 5.10 Å². The highest BCUT2D eigenvalue weighted by atomic mass is 32.1. The molecule has 18 heavy (non-hydrogen) atoms. The third kappa shape index (κ3) is 2.40. The molecule has 7 heteroatoms. The van der Waals surface area contributed by atoms with Crippen LogP contribution in [0.5, 0.6) is 11.5 Å². The van der Waals surface area contributed by atoms with Gasteiger partial charge in [0.15, 0.2) is 17.3 Å². The maximum atomic E-state index is 9.36. The topological polar surface area (TPSA) is 86.4 Å². The Morgan fingerprint density at radius 2 is 2.22 bits per heavy atom. The number of phenols is 2. The molecule has 0 amide bonds. The monoisotopic (exact) mass is 264 g/mol. The summed E-state index contributed by atoms with van der Waals surface area (Å²) in [4.78, 5) is 0. The zero-order chi connectivity index (χ0) is 13.1. The molecule has 0 unspecified atom stereocenters. The van der Waals surface area contributed by atoms with Crippen LogP contribution in [0.15, 0.2) is 23.3 Å². The molecular formula is C11H12N4O2S. The molecule has 0 radical (unpaired) electrons. The highest BCUT2D eigenvalue weighted by molar-refractivity contribution is 7.71. The van der Waals surface area contributed by atoms with E-state index in [1.54, 1.807) is 6.07 Å². The Morgan fingerprint density at radius 1 is 1.44 bits per heavy atom. The molecule has 0 aliphatic rings. The zero-order valence-electron chi connectivity index (χ0n) is 9.66. The number of phenolic OH excluding ortho intramolecular Hbond substituents is 2. The number of nitrogens with zero attached hydrogens (tertiary/aromatic N) is 3. The first-order valence-corrected chi connectivity index (χ1v) is 5.75. The molecule has 0 atom stereocenters. The van der Waals surface area contributed by atoms with Crippen molar-refractivity contribution in [3.8, 4) is 11.5 Å². The van der Waals surface area contributed by atoms with Crippen LogP contribution in [0.3, 0.4) is 0 Å². The number of hydrogen-bond acceptors (Lipinski definition) is 5. The quantitative estimate of drug-likeness (QED) is 0.448. The van der Waals surface area contributed by atoms with Crippen LogP contribution >= 0.6 is 12.2 Å². The predicted octanol–water partition coefficient (Wildman–Crippen LogP) is 1.80. The lowest BCUT2D eigenvalue weighted by Gasteiger charge is -1.99. The summed E-state index contributed by atoms with van der Waals surface area (Å²) < 4.78 is 1.92. The van der Waals surface area contributed by atoms with Crippen LogP contribution in [0, 0.1) is 4.77 Å². The number of hydrogen-bond donors (Lipinski definition) is 3. The van der Waals surface area contributed by atoms with Gasteiger partial charge in [-0.15, -0.1) is 0 Å². The van der Waals surface area contributed by atoms with Gasteiger partial charge < -0.3 is 10.2 Å². The third-order valence-electron chi connectivity index (χ3n) is 2.36. The van der Waals surface area contributed by atoms with E-state index in [2.05, 4.69) is 15.3 Å². The van der Waals surface area contributed by atoms with Crippen molar-refractivity contribution in [1.29, 1.82) is 0 Å². The van der Waals surface area contributed by atoms with E-state index in [1.165, 1.54) is 23.0 Å². The summed E-state index contributed by atoms with van der Waals surface area (Å²) in [6.07, 6.45) is 2.23. The minimum Gasteiger partial charge on any atom is -0.504 e. The standard InChI is InChI=1S/C11H12N4O2S/c1-2-10-13-14-11(18)15(10)12-6-7-3-4-8(16)9(17)5-7/h3-6,16-17H,2H2,1H3,(H,14,18)/b12-6-. The van der Waals surface area contributed by atoms with Gasteiger partial charge in [0.05, 0.1) is 6.21 Å². The normalized spacial score (nSPS) is 11.2. The van der Waals surface area contributed by atoms with E-state index in [0.29, 0.717) is 16.8 Å². The van der Waals surface area contributed by atoms with E-state index in [1.807, 2.05) is 6.92 Å². The summed E-state index contributed by atoms with van der Waals surface area (Å²) >= 11 is 5.04. The maximum Gasteiger partial charge on any atom is 0.216 e. The fourth-order valence-electron chi connectivity index (χ4n) is 1.42. The smallest absolute Gasteiger partial charge is 0.216 e. The minimum absolute atomic E-state index is 0.165. The molecule has 6 nitrogen and oxygen atoms in total. The lowest BCUT2D eigenvalue weighted by atomic mass is 10.2. The van der Waals surface area contributed by atoms with Crippen molar-refractivity contribution in [3.63, 3.8) is 0 Å². The molecular weight excluding hydrogens is 252 g/mol. The summed E-state index contributed by atoms with van der Waals surface area (Å²) in [5.74, 6) is 0.367. The molecule has 94 valence electrons. The van der Waals surface area contributed by atoms with Crippen molar-refractivity contribution in [2.75, 3.05) is 0 Å².